The number of benzene rings is 1. The summed E-state index contributed by atoms with van der Waals surface area (Å²) in [4.78, 5) is 0. The molecule has 0 saturated heterocycles. The normalized spacial score (nSPS) is 16.0. The third-order valence-corrected chi connectivity index (χ3v) is 3.89. The van der Waals surface area contributed by atoms with Gasteiger partial charge in [-0.15, -0.1) is 0 Å². The minimum Gasteiger partial charge on any atom is -0.382 e. The first-order valence-electron chi connectivity index (χ1n) is 5.92. The quantitative estimate of drug-likeness (QED) is 0.875. The van der Waals surface area contributed by atoms with Crippen molar-refractivity contribution >= 4 is 16.1 Å². The molecule has 0 bridgehead atoms. The first-order valence-corrected chi connectivity index (χ1v) is 7.47. The number of methoxy groups -OCH3 is 1. The van der Waals surface area contributed by atoms with E-state index in [0.717, 1.165) is 14.0 Å². The minimum absolute atomic E-state index is 0.559. The summed E-state index contributed by atoms with van der Waals surface area (Å²) in [5.74, 6) is 0. The van der Waals surface area contributed by atoms with Crippen molar-refractivity contribution in [2.24, 2.45) is 0 Å². The number of halogens is 3. The van der Waals surface area contributed by atoms with Gasteiger partial charge < -0.3 is 4.74 Å². The van der Waals surface area contributed by atoms with Gasteiger partial charge in [-0.25, -0.2) is 8.42 Å². The number of sulfonamides is 1. The van der Waals surface area contributed by atoms with Gasteiger partial charge in [-0.05, 0) is 18.6 Å². The van der Waals surface area contributed by atoms with Crippen LogP contribution in [0.25, 0.3) is 6.08 Å². The van der Waals surface area contributed by atoms with E-state index in [-0.39, 0.29) is 0 Å². The van der Waals surface area contributed by atoms with Gasteiger partial charge in [-0.1, -0.05) is 30.3 Å². The number of hydrogen-bond acceptors (Lipinski definition) is 3. The monoisotopic (exact) mass is 323 g/mol. The molecule has 1 N–H and O–H groups in total. The molecule has 8 heteroatoms. The van der Waals surface area contributed by atoms with Crippen molar-refractivity contribution in [1.82, 2.24) is 4.72 Å². The highest BCUT2D eigenvalue weighted by molar-refractivity contribution is 7.92. The van der Waals surface area contributed by atoms with Gasteiger partial charge in [0.15, 0.2) is 0 Å². The molecule has 0 fully saturated rings. The van der Waals surface area contributed by atoms with E-state index >= 15 is 0 Å². The number of alkyl halides is 3. The van der Waals surface area contributed by atoms with Crippen LogP contribution in [-0.4, -0.2) is 33.8 Å². The average Bonchev–Trinajstić information content (AvgIpc) is 2.36. The van der Waals surface area contributed by atoms with Crippen LogP contribution >= 0.6 is 0 Å². The topological polar surface area (TPSA) is 55.4 Å². The zero-order chi connectivity index (χ0) is 16.1. The molecule has 0 aliphatic rings. The summed E-state index contributed by atoms with van der Waals surface area (Å²) >= 11 is 0. The molecule has 21 heavy (non-hydrogen) atoms. The standard InChI is InChI=1S/C13H16F3NO3S/c1-12(10-20-2,13(14,15)16)17-21(18,19)9-8-11-6-4-3-5-7-11/h3-9,17H,10H2,1-2H3/b9-8+. The molecule has 118 valence electrons. The van der Waals surface area contributed by atoms with E-state index in [4.69, 9.17) is 0 Å². The molecular weight excluding hydrogens is 307 g/mol. The Hall–Kier alpha value is -1.38. The Labute approximate surface area is 121 Å². The van der Waals surface area contributed by atoms with Gasteiger partial charge in [0.25, 0.3) is 0 Å². The van der Waals surface area contributed by atoms with Crippen LogP contribution in [-0.2, 0) is 14.8 Å². The van der Waals surface area contributed by atoms with Crippen LogP contribution in [0, 0.1) is 0 Å². The fraction of sp³-hybridized carbons (Fsp3) is 0.385. The molecule has 4 nitrogen and oxygen atoms in total. The summed E-state index contributed by atoms with van der Waals surface area (Å²) in [7, 11) is -3.21. The second kappa shape index (κ2) is 6.59. The average molecular weight is 323 g/mol. The molecule has 0 heterocycles. The van der Waals surface area contributed by atoms with E-state index in [1.54, 1.807) is 35.1 Å². The van der Waals surface area contributed by atoms with E-state index in [1.165, 1.54) is 6.08 Å². The zero-order valence-corrected chi connectivity index (χ0v) is 12.3. The molecule has 0 aliphatic carbocycles. The maximum atomic E-state index is 13.0. The van der Waals surface area contributed by atoms with E-state index in [9.17, 15) is 21.6 Å². The summed E-state index contributed by atoms with van der Waals surface area (Å²) in [5, 5.41) is 0.696. The van der Waals surface area contributed by atoms with Crippen molar-refractivity contribution in [2.75, 3.05) is 13.7 Å². The smallest absolute Gasteiger partial charge is 0.382 e. The molecule has 1 atom stereocenters. The van der Waals surface area contributed by atoms with Gasteiger partial charge in [0.2, 0.25) is 10.0 Å². The molecule has 0 aromatic heterocycles. The Morgan fingerprint density at radius 1 is 1.24 bits per heavy atom. The first-order chi connectivity index (χ1) is 9.60. The highest BCUT2D eigenvalue weighted by Gasteiger charge is 2.53. The minimum atomic E-state index is -4.78. The van der Waals surface area contributed by atoms with Crippen LogP contribution in [0.1, 0.15) is 12.5 Å². The van der Waals surface area contributed by atoms with Gasteiger partial charge in [0.1, 0.15) is 5.54 Å². The lowest BCUT2D eigenvalue weighted by Crippen LogP contribution is -2.58. The summed E-state index contributed by atoms with van der Waals surface area (Å²) in [6.45, 7) is -0.0979. The van der Waals surface area contributed by atoms with Crippen molar-refractivity contribution in [1.29, 1.82) is 0 Å². The molecule has 1 rings (SSSR count). The van der Waals surface area contributed by atoms with Crippen molar-refractivity contribution in [3.63, 3.8) is 0 Å². The van der Waals surface area contributed by atoms with E-state index in [0.29, 0.717) is 11.0 Å². The first kappa shape index (κ1) is 17.7. The highest BCUT2D eigenvalue weighted by atomic mass is 32.2. The Kier molecular flexibility index (Phi) is 5.54. The number of hydrogen-bond donors (Lipinski definition) is 1. The van der Waals surface area contributed by atoms with Gasteiger partial charge in [0, 0.05) is 12.5 Å². The lowest BCUT2D eigenvalue weighted by molar-refractivity contribution is -0.197. The molecule has 1 unspecified atom stereocenters. The van der Waals surface area contributed by atoms with Gasteiger partial charge in [-0.2, -0.15) is 17.9 Å². The summed E-state index contributed by atoms with van der Waals surface area (Å²) in [6, 6.07) is 8.37. The van der Waals surface area contributed by atoms with Crippen LogP contribution in [0.15, 0.2) is 35.7 Å². The summed E-state index contributed by atoms with van der Waals surface area (Å²) < 4.78 is 68.5. The molecular formula is C13H16F3NO3S. The SMILES string of the molecule is COCC(C)(NS(=O)(=O)/C=C/c1ccccc1)C(F)(F)F. The van der Waals surface area contributed by atoms with Gasteiger partial charge >= 0.3 is 6.18 Å². The molecule has 1 aromatic rings. The second-order valence-corrected chi connectivity index (χ2v) is 6.19. The van der Waals surface area contributed by atoms with Gasteiger partial charge in [-0.3, -0.25) is 0 Å². The molecule has 0 saturated carbocycles. The summed E-state index contributed by atoms with van der Waals surface area (Å²) in [5.41, 5.74) is -2.13. The predicted octanol–water partition coefficient (Wildman–Crippen LogP) is 2.54. The van der Waals surface area contributed by atoms with Crippen molar-refractivity contribution in [2.45, 2.75) is 18.6 Å². The third-order valence-electron chi connectivity index (χ3n) is 2.67. The fourth-order valence-corrected chi connectivity index (χ4v) is 2.75. The third kappa shape index (κ3) is 5.14. The van der Waals surface area contributed by atoms with Crippen molar-refractivity contribution < 1.29 is 26.3 Å². The van der Waals surface area contributed by atoms with E-state index in [1.807, 2.05) is 0 Å². The maximum absolute atomic E-state index is 13.0. The van der Waals surface area contributed by atoms with Crippen LogP contribution in [0.3, 0.4) is 0 Å². The lowest BCUT2D eigenvalue weighted by Gasteiger charge is -2.31. The zero-order valence-electron chi connectivity index (χ0n) is 11.5. The number of ether oxygens (including phenoxy) is 1. The molecule has 1 aromatic carbocycles. The van der Waals surface area contributed by atoms with E-state index < -0.39 is 28.3 Å². The molecule has 0 aliphatic heterocycles. The summed E-state index contributed by atoms with van der Waals surface area (Å²) in [6.07, 6.45) is -3.57. The Morgan fingerprint density at radius 2 is 1.81 bits per heavy atom. The Morgan fingerprint density at radius 3 is 2.29 bits per heavy atom. The largest absolute Gasteiger partial charge is 0.409 e. The number of nitrogens with one attached hydrogen (secondary N) is 1. The van der Waals surface area contributed by atoms with Crippen LogP contribution < -0.4 is 4.72 Å². The van der Waals surface area contributed by atoms with Gasteiger partial charge in [0.05, 0.1) is 6.61 Å². The predicted molar refractivity (Wildman–Crippen MR) is 73.9 cm³/mol. The highest BCUT2D eigenvalue weighted by Crippen LogP contribution is 2.31. The van der Waals surface area contributed by atoms with Crippen LogP contribution in [0.4, 0.5) is 13.2 Å². The van der Waals surface area contributed by atoms with Crippen LogP contribution in [0.2, 0.25) is 0 Å². The maximum Gasteiger partial charge on any atom is 0.409 e. The lowest BCUT2D eigenvalue weighted by atomic mass is 10.1. The van der Waals surface area contributed by atoms with Crippen molar-refractivity contribution in [3.8, 4) is 0 Å². The molecule has 0 amide bonds. The Balaban J connectivity index is 2.95. The molecule has 0 spiro atoms. The second-order valence-electron chi connectivity index (χ2n) is 4.62. The number of rotatable bonds is 6. The van der Waals surface area contributed by atoms with E-state index in [2.05, 4.69) is 4.74 Å². The Bertz CT molecular complexity index is 584. The van der Waals surface area contributed by atoms with Crippen molar-refractivity contribution in [3.05, 3.63) is 41.3 Å². The molecule has 0 radical (unpaired) electrons. The van der Waals surface area contributed by atoms with Crippen LogP contribution in [0.5, 0.6) is 0 Å². The fourth-order valence-electron chi connectivity index (χ4n) is 1.54.